The van der Waals surface area contributed by atoms with Gasteiger partial charge in [0, 0.05) is 25.6 Å². The highest BCUT2D eigenvalue weighted by molar-refractivity contribution is 5.85. The Bertz CT molecular complexity index is 838. The molecule has 0 aromatic heterocycles. The third-order valence-corrected chi connectivity index (χ3v) is 8.94. The van der Waals surface area contributed by atoms with Crippen LogP contribution < -0.4 is 5.32 Å². The highest BCUT2D eigenvalue weighted by atomic mass is 16.5. The minimum atomic E-state index is 0.0109. The van der Waals surface area contributed by atoms with Gasteiger partial charge in [-0.3, -0.25) is 9.59 Å². The van der Waals surface area contributed by atoms with E-state index in [1.807, 2.05) is 0 Å². The smallest absolute Gasteiger partial charge is 0.239 e. The van der Waals surface area contributed by atoms with Crippen molar-refractivity contribution in [2.75, 3.05) is 19.7 Å². The van der Waals surface area contributed by atoms with E-state index in [4.69, 9.17) is 4.74 Å². The Labute approximate surface area is 185 Å². The summed E-state index contributed by atoms with van der Waals surface area (Å²) < 4.78 is 6.33. The molecule has 2 saturated carbocycles. The van der Waals surface area contributed by atoms with Gasteiger partial charge in [-0.05, 0) is 60.3 Å². The molecule has 5 nitrogen and oxygen atoms in total. The Kier molecular flexibility index (Phi) is 5.36. The lowest BCUT2D eigenvalue weighted by molar-refractivity contribution is -0.142. The van der Waals surface area contributed by atoms with Crippen LogP contribution in [0.5, 0.6) is 0 Å². The summed E-state index contributed by atoms with van der Waals surface area (Å²) in [5.74, 6) is 1.17. The molecular weight excluding hydrogens is 388 g/mol. The van der Waals surface area contributed by atoms with E-state index in [0.29, 0.717) is 24.8 Å². The SMILES string of the molecule is CC1(C)[C@@H]2C[C@@H]3[C@@H](c4ccccc4)OCCC3(C2)[C@H]1NC(=O)CN1CCCCCC1=O. The van der Waals surface area contributed by atoms with Crippen LogP contribution in [0.25, 0.3) is 0 Å². The van der Waals surface area contributed by atoms with Gasteiger partial charge in [0.25, 0.3) is 0 Å². The first kappa shape index (κ1) is 21.0. The van der Waals surface area contributed by atoms with E-state index in [-0.39, 0.29) is 41.3 Å². The minimum absolute atomic E-state index is 0.0109. The Morgan fingerprint density at radius 1 is 1.19 bits per heavy atom. The first-order valence-electron chi connectivity index (χ1n) is 12.2. The van der Waals surface area contributed by atoms with Gasteiger partial charge >= 0.3 is 0 Å². The normalized spacial score (nSPS) is 36.7. The van der Waals surface area contributed by atoms with Gasteiger partial charge in [0.05, 0.1) is 12.6 Å². The molecule has 1 unspecified atom stereocenters. The van der Waals surface area contributed by atoms with E-state index < -0.39 is 0 Å². The van der Waals surface area contributed by atoms with E-state index in [9.17, 15) is 9.59 Å². The summed E-state index contributed by atoms with van der Waals surface area (Å²) >= 11 is 0. The van der Waals surface area contributed by atoms with E-state index >= 15 is 0 Å². The predicted octanol–water partition coefficient (Wildman–Crippen LogP) is 4.09. The molecule has 2 saturated heterocycles. The molecule has 2 amide bonds. The topological polar surface area (TPSA) is 58.6 Å². The molecule has 2 aliphatic heterocycles. The fourth-order valence-electron chi connectivity index (χ4n) is 7.35. The number of amides is 2. The third kappa shape index (κ3) is 3.49. The largest absolute Gasteiger partial charge is 0.373 e. The maximum atomic E-state index is 13.2. The number of carbonyl (C=O) groups excluding carboxylic acids is 2. The van der Waals surface area contributed by atoms with Gasteiger partial charge in [-0.1, -0.05) is 50.6 Å². The fourth-order valence-corrected chi connectivity index (χ4v) is 7.35. The van der Waals surface area contributed by atoms with Gasteiger partial charge in [-0.15, -0.1) is 0 Å². The number of benzene rings is 1. The molecule has 2 heterocycles. The maximum Gasteiger partial charge on any atom is 0.239 e. The quantitative estimate of drug-likeness (QED) is 0.792. The van der Waals surface area contributed by atoms with E-state index in [0.717, 1.165) is 32.3 Å². The second-order valence-electron chi connectivity index (χ2n) is 10.9. The first-order chi connectivity index (χ1) is 14.9. The Morgan fingerprint density at radius 2 is 2.00 bits per heavy atom. The van der Waals surface area contributed by atoms with Crippen LogP contribution in [0.3, 0.4) is 0 Å². The summed E-state index contributed by atoms with van der Waals surface area (Å²) in [6, 6.07) is 10.7. The predicted molar refractivity (Wildman–Crippen MR) is 119 cm³/mol. The zero-order valence-electron chi connectivity index (χ0n) is 18.9. The molecule has 1 spiro atoms. The lowest BCUT2D eigenvalue weighted by atomic mass is 9.59. The fraction of sp³-hybridized carbons (Fsp3) is 0.692. The van der Waals surface area contributed by atoms with Crippen molar-refractivity contribution < 1.29 is 14.3 Å². The van der Waals surface area contributed by atoms with Crippen molar-refractivity contribution in [2.24, 2.45) is 22.7 Å². The van der Waals surface area contributed by atoms with Crippen LogP contribution in [0.4, 0.5) is 0 Å². The average molecular weight is 425 g/mol. The van der Waals surface area contributed by atoms with E-state index in [2.05, 4.69) is 49.5 Å². The van der Waals surface area contributed by atoms with Crippen LogP contribution >= 0.6 is 0 Å². The monoisotopic (exact) mass is 424 g/mol. The summed E-state index contributed by atoms with van der Waals surface area (Å²) in [6.07, 6.45) is 7.06. The number of carbonyl (C=O) groups is 2. The third-order valence-electron chi connectivity index (χ3n) is 8.94. The molecule has 2 bridgehead atoms. The van der Waals surface area contributed by atoms with Crippen LogP contribution in [0, 0.1) is 22.7 Å². The van der Waals surface area contributed by atoms with Crippen molar-refractivity contribution in [3.05, 3.63) is 35.9 Å². The summed E-state index contributed by atoms with van der Waals surface area (Å²) in [4.78, 5) is 27.3. The zero-order chi connectivity index (χ0) is 21.6. The number of hydrogen-bond donors (Lipinski definition) is 1. The number of ether oxygens (including phenoxy) is 1. The second-order valence-corrected chi connectivity index (χ2v) is 10.9. The highest BCUT2D eigenvalue weighted by Gasteiger charge is 2.68. The summed E-state index contributed by atoms with van der Waals surface area (Å²) in [6.45, 7) is 6.32. The molecular formula is C26H36N2O3. The van der Waals surface area contributed by atoms with Crippen LogP contribution in [0.2, 0.25) is 0 Å². The van der Waals surface area contributed by atoms with Crippen molar-refractivity contribution in [1.82, 2.24) is 10.2 Å². The number of nitrogens with one attached hydrogen (secondary N) is 1. The number of likely N-dealkylation sites (tertiary alicyclic amines) is 1. The Hall–Kier alpha value is -1.88. The summed E-state index contributed by atoms with van der Waals surface area (Å²) in [5, 5.41) is 3.46. The van der Waals surface area contributed by atoms with Gasteiger partial charge in [0.15, 0.2) is 0 Å². The summed E-state index contributed by atoms with van der Waals surface area (Å²) in [7, 11) is 0. The molecule has 5 atom stereocenters. The average Bonchev–Trinajstić information content (AvgIpc) is 3.16. The number of hydrogen-bond acceptors (Lipinski definition) is 3. The van der Waals surface area contributed by atoms with Crippen LogP contribution in [-0.4, -0.2) is 42.5 Å². The van der Waals surface area contributed by atoms with Gasteiger partial charge in [-0.2, -0.15) is 0 Å². The van der Waals surface area contributed by atoms with E-state index in [1.54, 1.807) is 4.90 Å². The Morgan fingerprint density at radius 3 is 2.81 bits per heavy atom. The van der Waals surface area contributed by atoms with Crippen molar-refractivity contribution in [3.8, 4) is 0 Å². The lowest BCUT2D eigenvalue weighted by Gasteiger charge is -2.53. The van der Waals surface area contributed by atoms with Crippen LogP contribution in [0.1, 0.15) is 70.5 Å². The number of rotatable bonds is 4. The summed E-state index contributed by atoms with van der Waals surface area (Å²) in [5.41, 5.74) is 1.41. The molecule has 168 valence electrons. The molecule has 1 N–H and O–H groups in total. The zero-order valence-corrected chi connectivity index (χ0v) is 18.9. The molecule has 4 aliphatic rings. The molecule has 5 heteroatoms. The minimum Gasteiger partial charge on any atom is -0.373 e. The van der Waals surface area contributed by atoms with E-state index in [1.165, 1.54) is 18.4 Å². The molecule has 31 heavy (non-hydrogen) atoms. The molecule has 5 rings (SSSR count). The number of nitrogens with zero attached hydrogens (tertiary/aromatic N) is 1. The standard InChI is InChI=1S/C26H36N2O3/c1-25(2)19-15-20-23(18-9-5-3-6-10-18)31-14-12-26(20,16-19)24(25)27-21(29)17-28-13-8-4-7-11-22(28)30/h3,5-6,9-10,19-20,23-24H,4,7-8,11-17H2,1-2H3,(H,27,29)/t19-,20-,23-,24+,26?/m1/s1. The van der Waals surface area contributed by atoms with Gasteiger partial charge in [0.1, 0.15) is 0 Å². The highest BCUT2D eigenvalue weighted by Crippen LogP contribution is 2.70. The molecule has 1 aromatic rings. The molecule has 1 aromatic carbocycles. The van der Waals surface area contributed by atoms with Crippen molar-refractivity contribution >= 4 is 11.8 Å². The molecule has 0 radical (unpaired) electrons. The van der Waals surface area contributed by atoms with Gasteiger partial charge in [0.2, 0.25) is 11.8 Å². The maximum absolute atomic E-state index is 13.2. The van der Waals surface area contributed by atoms with Crippen LogP contribution in [-0.2, 0) is 14.3 Å². The lowest BCUT2D eigenvalue weighted by Crippen LogP contribution is -2.60. The van der Waals surface area contributed by atoms with Crippen LogP contribution in [0.15, 0.2) is 30.3 Å². The van der Waals surface area contributed by atoms with Crippen molar-refractivity contribution in [3.63, 3.8) is 0 Å². The van der Waals surface area contributed by atoms with Gasteiger partial charge in [-0.25, -0.2) is 0 Å². The van der Waals surface area contributed by atoms with Crippen molar-refractivity contribution in [1.29, 1.82) is 0 Å². The first-order valence-corrected chi connectivity index (χ1v) is 12.2. The second kappa shape index (κ2) is 7.91. The van der Waals surface area contributed by atoms with Gasteiger partial charge < -0.3 is 15.0 Å². The van der Waals surface area contributed by atoms with Crippen molar-refractivity contribution in [2.45, 2.75) is 70.9 Å². The Balaban J connectivity index is 1.36. The molecule has 4 fully saturated rings. The number of fused-ring (bicyclic) bond motifs is 1. The molecule has 2 aliphatic carbocycles.